The van der Waals surface area contributed by atoms with Gasteiger partial charge in [0.05, 0.1) is 0 Å². The van der Waals surface area contributed by atoms with Crippen LogP contribution in [-0.4, -0.2) is 0 Å². The standard InChI is InChI=1S/C18H26/c1-3-4-5-6-7-8-18(17-13-14-17)16-11-9-15(2)10-12-16/h9-12H,3-8,13-14H2,1-2H3. The Bertz CT molecular complexity index is 389. The first-order chi connectivity index (χ1) is 8.81. The Morgan fingerprint density at radius 3 is 2.22 bits per heavy atom. The van der Waals surface area contributed by atoms with Gasteiger partial charge in [-0.15, -0.1) is 0 Å². The summed E-state index contributed by atoms with van der Waals surface area (Å²) in [4.78, 5) is 0. The Morgan fingerprint density at radius 1 is 0.944 bits per heavy atom. The summed E-state index contributed by atoms with van der Waals surface area (Å²) in [5.41, 5.74) is 6.21. The fourth-order valence-electron chi connectivity index (χ4n) is 2.55. The van der Waals surface area contributed by atoms with Gasteiger partial charge in [-0.25, -0.2) is 0 Å². The average molecular weight is 242 g/mol. The van der Waals surface area contributed by atoms with Gasteiger partial charge in [0.25, 0.3) is 0 Å². The normalized spacial score (nSPS) is 13.8. The Labute approximate surface area is 112 Å². The summed E-state index contributed by atoms with van der Waals surface area (Å²) in [6, 6.07) is 9.11. The summed E-state index contributed by atoms with van der Waals surface area (Å²) in [7, 11) is 0. The highest BCUT2D eigenvalue weighted by atomic mass is 14.2. The molecule has 0 atom stereocenters. The molecule has 0 nitrogen and oxygen atoms in total. The second-order valence-corrected chi connectivity index (χ2v) is 5.61. The maximum absolute atomic E-state index is 2.31. The van der Waals surface area contributed by atoms with Gasteiger partial charge in [0.15, 0.2) is 0 Å². The molecule has 0 heteroatoms. The molecule has 2 rings (SSSR count). The summed E-state index contributed by atoms with van der Waals surface area (Å²) in [6.07, 6.45) is 10.9. The van der Waals surface area contributed by atoms with Crippen molar-refractivity contribution in [2.24, 2.45) is 0 Å². The van der Waals surface area contributed by atoms with E-state index in [-0.39, 0.29) is 0 Å². The van der Waals surface area contributed by atoms with Crippen molar-refractivity contribution >= 4 is 5.57 Å². The first-order valence-corrected chi connectivity index (χ1v) is 7.59. The van der Waals surface area contributed by atoms with Crippen LogP contribution in [0, 0.1) is 6.92 Å². The van der Waals surface area contributed by atoms with Gasteiger partial charge >= 0.3 is 0 Å². The number of unbranched alkanes of at least 4 members (excludes halogenated alkanes) is 4. The molecule has 0 spiro atoms. The van der Waals surface area contributed by atoms with Crippen molar-refractivity contribution in [1.82, 2.24) is 0 Å². The smallest absolute Gasteiger partial charge is 0.0225 e. The SMILES string of the molecule is CCCCCCCC(=C1CC1)c1ccc(C)cc1. The number of rotatable bonds is 7. The van der Waals surface area contributed by atoms with Crippen molar-refractivity contribution < 1.29 is 0 Å². The van der Waals surface area contributed by atoms with Crippen molar-refractivity contribution in [1.29, 1.82) is 0 Å². The predicted molar refractivity (Wildman–Crippen MR) is 80.7 cm³/mol. The van der Waals surface area contributed by atoms with Gasteiger partial charge in [0.2, 0.25) is 0 Å². The molecule has 1 aliphatic rings. The van der Waals surface area contributed by atoms with Gasteiger partial charge in [0, 0.05) is 0 Å². The quantitative estimate of drug-likeness (QED) is 0.522. The van der Waals surface area contributed by atoms with E-state index in [0.29, 0.717) is 0 Å². The zero-order valence-corrected chi connectivity index (χ0v) is 12.0. The van der Waals surface area contributed by atoms with Gasteiger partial charge in [-0.1, -0.05) is 68.0 Å². The molecule has 0 amide bonds. The first kappa shape index (κ1) is 13.4. The maximum Gasteiger partial charge on any atom is -0.0225 e. The molecule has 1 fully saturated rings. The largest absolute Gasteiger partial charge is 0.0658 e. The van der Waals surface area contributed by atoms with Gasteiger partial charge in [0.1, 0.15) is 0 Å². The molecule has 1 aromatic rings. The molecule has 0 aliphatic heterocycles. The van der Waals surface area contributed by atoms with Crippen molar-refractivity contribution in [3.05, 3.63) is 41.0 Å². The Morgan fingerprint density at radius 2 is 1.61 bits per heavy atom. The van der Waals surface area contributed by atoms with Crippen molar-refractivity contribution in [2.45, 2.75) is 65.2 Å². The van der Waals surface area contributed by atoms with Gasteiger partial charge in [-0.05, 0) is 43.7 Å². The Balaban J connectivity index is 1.90. The molecule has 1 saturated carbocycles. The topological polar surface area (TPSA) is 0 Å². The second-order valence-electron chi connectivity index (χ2n) is 5.61. The van der Waals surface area contributed by atoms with Crippen molar-refractivity contribution in [3.63, 3.8) is 0 Å². The molecule has 0 aromatic heterocycles. The van der Waals surface area contributed by atoms with Crippen LogP contribution < -0.4 is 0 Å². The summed E-state index contributed by atoms with van der Waals surface area (Å²) in [5.74, 6) is 0. The molecular weight excluding hydrogens is 216 g/mol. The molecule has 0 radical (unpaired) electrons. The highest BCUT2D eigenvalue weighted by molar-refractivity contribution is 5.71. The molecule has 0 unspecified atom stereocenters. The van der Waals surface area contributed by atoms with Crippen LogP contribution in [0.5, 0.6) is 0 Å². The molecule has 1 aliphatic carbocycles. The zero-order valence-electron chi connectivity index (χ0n) is 12.0. The van der Waals surface area contributed by atoms with Crippen LogP contribution in [0.3, 0.4) is 0 Å². The van der Waals surface area contributed by atoms with Gasteiger partial charge in [-0.3, -0.25) is 0 Å². The van der Waals surface area contributed by atoms with E-state index in [1.165, 1.54) is 62.5 Å². The van der Waals surface area contributed by atoms with E-state index in [1.807, 2.05) is 0 Å². The fourth-order valence-corrected chi connectivity index (χ4v) is 2.55. The third kappa shape index (κ3) is 4.01. The van der Waals surface area contributed by atoms with E-state index < -0.39 is 0 Å². The van der Waals surface area contributed by atoms with E-state index in [4.69, 9.17) is 0 Å². The Kier molecular flexibility index (Phi) is 5.04. The lowest BCUT2D eigenvalue weighted by atomic mass is 9.97. The van der Waals surface area contributed by atoms with Crippen LogP contribution in [0.25, 0.3) is 5.57 Å². The average Bonchev–Trinajstić information content (AvgIpc) is 3.20. The Hall–Kier alpha value is -1.04. The molecule has 98 valence electrons. The lowest BCUT2D eigenvalue weighted by Gasteiger charge is -2.08. The molecule has 1 aromatic carbocycles. The minimum Gasteiger partial charge on any atom is -0.0658 e. The lowest BCUT2D eigenvalue weighted by Crippen LogP contribution is -1.87. The van der Waals surface area contributed by atoms with E-state index in [1.54, 1.807) is 11.1 Å². The van der Waals surface area contributed by atoms with E-state index in [0.717, 1.165) is 0 Å². The molecule has 0 N–H and O–H groups in total. The first-order valence-electron chi connectivity index (χ1n) is 7.59. The molecule has 18 heavy (non-hydrogen) atoms. The predicted octanol–water partition coefficient (Wildman–Crippen LogP) is 5.90. The minimum atomic E-state index is 1.29. The summed E-state index contributed by atoms with van der Waals surface area (Å²) in [6.45, 7) is 4.45. The van der Waals surface area contributed by atoms with Crippen LogP contribution >= 0.6 is 0 Å². The van der Waals surface area contributed by atoms with E-state index in [9.17, 15) is 0 Å². The summed E-state index contributed by atoms with van der Waals surface area (Å²) in [5, 5.41) is 0. The van der Waals surface area contributed by atoms with E-state index in [2.05, 4.69) is 38.1 Å². The number of benzene rings is 1. The summed E-state index contributed by atoms with van der Waals surface area (Å²) >= 11 is 0. The van der Waals surface area contributed by atoms with Crippen molar-refractivity contribution in [2.75, 3.05) is 0 Å². The number of aryl methyl sites for hydroxylation is 1. The zero-order chi connectivity index (χ0) is 12.8. The lowest BCUT2D eigenvalue weighted by molar-refractivity contribution is 0.640. The molecule has 0 heterocycles. The second kappa shape index (κ2) is 6.78. The molecule has 0 bridgehead atoms. The fraction of sp³-hybridized carbons (Fsp3) is 0.556. The molecular formula is C18H26. The van der Waals surface area contributed by atoms with Crippen LogP contribution in [0.1, 0.15) is 69.4 Å². The number of hydrogen-bond donors (Lipinski definition) is 0. The van der Waals surface area contributed by atoms with E-state index >= 15 is 0 Å². The van der Waals surface area contributed by atoms with Crippen LogP contribution in [0.4, 0.5) is 0 Å². The van der Waals surface area contributed by atoms with Crippen molar-refractivity contribution in [3.8, 4) is 0 Å². The number of allylic oxidation sites excluding steroid dienone is 2. The monoisotopic (exact) mass is 242 g/mol. The van der Waals surface area contributed by atoms with Crippen LogP contribution in [0.15, 0.2) is 29.8 Å². The highest BCUT2D eigenvalue weighted by Gasteiger charge is 2.18. The van der Waals surface area contributed by atoms with Gasteiger partial charge in [-0.2, -0.15) is 0 Å². The van der Waals surface area contributed by atoms with Gasteiger partial charge < -0.3 is 0 Å². The van der Waals surface area contributed by atoms with Crippen LogP contribution in [-0.2, 0) is 0 Å². The molecule has 0 saturated heterocycles. The third-order valence-corrected chi connectivity index (χ3v) is 3.86. The minimum absolute atomic E-state index is 1.29. The summed E-state index contributed by atoms with van der Waals surface area (Å²) < 4.78 is 0. The maximum atomic E-state index is 2.31. The number of hydrogen-bond acceptors (Lipinski definition) is 0. The van der Waals surface area contributed by atoms with Crippen LogP contribution in [0.2, 0.25) is 0 Å². The third-order valence-electron chi connectivity index (χ3n) is 3.86. The highest BCUT2D eigenvalue weighted by Crippen LogP contribution is 2.39.